The molecule has 0 aliphatic rings. The van der Waals surface area contributed by atoms with E-state index in [1.54, 1.807) is 25.3 Å². The van der Waals surface area contributed by atoms with Crippen molar-refractivity contribution in [3.63, 3.8) is 0 Å². The maximum absolute atomic E-state index is 13.8. The molecule has 0 atom stereocenters. The Hall–Kier alpha value is -2.03. The van der Waals surface area contributed by atoms with Crippen molar-refractivity contribution in [1.29, 1.82) is 0 Å². The molecule has 0 saturated heterocycles. The van der Waals surface area contributed by atoms with Gasteiger partial charge in [0.1, 0.15) is 5.75 Å². The minimum Gasteiger partial charge on any atom is -0.497 e. The van der Waals surface area contributed by atoms with Gasteiger partial charge in [-0.05, 0) is 36.8 Å². The number of nitrogens with two attached hydrogens (primary N) is 1. The summed E-state index contributed by atoms with van der Waals surface area (Å²) in [4.78, 5) is 4.20. The van der Waals surface area contributed by atoms with Gasteiger partial charge in [-0.1, -0.05) is 12.1 Å². The summed E-state index contributed by atoms with van der Waals surface area (Å²) in [7, 11) is 1.59. The predicted octanol–water partition coefficient (Wildman–Crippen LogP) is 3.78. The monoisotopic (exact) mass is 445 g/mol. The first-order valence-corrected chi connectivity index (χ1v) is 7.24. The minimum absolute atomic E-state index is 0. The Morgan fingerprint density at radius 3 is 2.71 bits per heavy atom. The molecule has 2 aromatic rings. The van der Waals surface area contributed by atoms with Gasteiger partial charge in [-0.2, -0.15) is 0 Å². The lowest BCUT2D eigenvalue weighted by Gasteiger charge is -2.08. The van der Waals surface area contributed by atoms with Crippen LogP contribution in [0.2, 0.25) is 0 Å². The number of aliphatic imine (C=N–C) groups is 1. The van der Waals surface area contributed by atoms with Gasteiger partial charge in [0.2, 0.25) is 0 Å². The number of guanidine groups is 1. The molecular weight excluding hydrogens is 424 g/mol. The number of hydrogen-bond acceptors (Lipinski definition) is 3. The van der Waals surface area contributed by atoms with Crippen molar-refractivity contribution in [1.82, 2.24) is 0 Å². The number of anilines is 1. The summed E-state index contributed by atoms with van der Waals surface area (Å²) in [5.41, 5.74) is 7.32. The van der Waals surface area contributed by atoms with E-state index in [4.69, 9.17) is 15.2 Å². The Morgan fingerprint density at radius 1 is 1.25 bits per heavy atom. The molecule has 0 bridgehead atoms. The number of nitrogens with zero attached hydrogens (tertiary/aromatic N) is 1. The van der Waals surface area contributed by atoms with Gasteiger partial charge in [-0.15, -0.1) is 24.0 Å². The van der Waals surface area contributed by atoms with E-state index in [0.717, 1.165) is 11.4 Å². The Labute approximate surface area is 158 Å². The number of hydrogen-bond donors (Lipinski definition) is 2. The highest BCUT2D eigenvalue weighted by molar-refractivity contribution is 14.0. The summed E-state index contributed by atoms with van der Waals surface area (Å²) in [6.45, 7) is 2.50. The largest absolute Gasteiger partial charge is 0.497 e. The van der Waals surface area contributed by atoms with E-state index in [0.29, 0.717) is 12.2 Å². The summed E-state index contributed by atoms with van der Waals surface area (Å²) in [5, 5.41) is 2.96. The van der Waals surface area contributed by atoms with Crippen molar-refractivity contribution < 1.29 is 13.9 Å². The molecule has 0 spiro atoms. The lowest BCUT2D eigenvalue weighted by atomic mass is 10.2. The van der Waals surface area contributed by atoms with E-state index in [1.165, 1.54) is 6.07 Å². The van der Waals surface area contributed by atoms with Crippen LogP contribution in [-0.2, 0) is 6.54 Å². The van der Waals surface area contributed by atoms with Gasteiger partial charge in [0, 0.05) is 11.8 Å². The van der Waals surface area contributed by atoms with Crippen LogP contribution in [-0.4, -0.2) is 19.7 Å². The minimum atomic E-state index is -0.404. The molecule has 0 radical (unpaired) electrons. The SMILES string of the molecule is CCOc1ccc(CN=C(N)Nc2cccc(OC)c2)cc1F.I. The van der Waals surface area contributed by atoms with Crippen molar-refractivity contribution in [2.45, 2.75) is 13.5 Å². The molecule has 2 rings (SSSR count). The summed E-state index contributed by atoms with van der Waals surface area (Å²) < 4.78 is 24.1. The van der Waals surface area contributed by atoms with Crippen LogP contribution in [0.1, 0.15) is 12.5 Å². The van der Waals surface area contributed by atoms with E-state index < -0.39 is 5.82 Å². The van der Waals surface area contributed by atoms with Crippen LogP contribution in [0.3, 0.4) is 0 Å². The van der Waals surface area contributed by atoms with Crippen LogP contribution >= 0.6 is 24.0 Å². The van der Waals surface area contributed by atoms with Crippen molar-refractivity contribution >= 4 is 35.6 Å². The lowest BCUT2D eigenvalue weighted by molar-refractivity contribution is 0.321. The summed E-state index contributed by atoms with van der Waals surface area (Å²) in [5.74, 6) is 0.797. The van der Waals surface area contributed by atoms with Gasteiger partial charge >= 0.3 is 0 Å². The quantitative estimate of drug-likeness (QED) is 0.404. The molecule has 24 heavy (non-hydrogen) atoms. The second-order valence-electron chi connectivity index (χ2n) is 4.76. The molecule has 0 unspecified atom stereocenters. The third-order valence-electron chi connectivity index (χ3n) is 3.07. The molecule has 0 aliphatic heterocycles. The van der Waals surface area contributed by atoms with E-state index in [1.807, 2.05) is 25.1 Å². The molecule has 3 N–H and O–H groups in total. The maximum atomic E-state index is 13.8. The fraction of sp³-hybridized carbons (Fsp3) is 0.235. The normalized spacial score (nSPS) is 10.7. The van der Waals surface area contributed by atoms with Crippen LogP contribution in [0, 0.1) is 5.82 Å². The number of methoxy groups -OCH3 is 1. The number of benzene rings is 2. The molecule has 2 aromatic carbocycles. The fourth-order valence-electron chi connectivity index (χ4n) is 1.98. The van der Waals surface area contributed by atoms with Gasteiger partial charge in [0.15, 0.2) is 17.5 Å². The van der Waals surface area contributed by atoms with Crippen molar-refractivity contribution in [2.75, 3.05) is 19.0 Å². The third kappa shape index (κ3) is 5.88. The van der Waals surface area contributed by atoms with Crippen molar-refractivity contribution in [2.24, 2.45) is 10.7 Å². The van der Waals surface area contributed by atoms with Crippen LogP contribution in [0.4, 0.5) is 10.1 Å². The van der Waals surface area contributed by atoms with E-state index in [-0.39, 0.29) is 42.2 Å². The molecule has 0 heterocycles. The molecule has 0 saturated carbocycles. The average molecular weight is 445 g/mol. The smallest absolute Gasteiger partial charge is 0.193 e. The third-order valence-corrected chi connectivity index (χ3v) is 3.07. The number of halogens is 2. The highest BCUT2D eigenvalue weighted by atomic mass is 127. The van der Waals surface area contributed by atoms with Gasteiger partial charge in [0.25, 0.3) is 0 Å². The average Bonchev–Trinajstić information content (AvgIpc) is 2.55. The number of nitrogens with one attached hydrogen (secondary N) is 1. The first kappa shape index (κ1) is 20.0. The molecule has 0 aromatic heterocycles. The standard InChI is InChI=1S/C17H20FN3O2.HI/c1-3-23-16-8-7-12(9-15(16)18)11-20-17(19)21-13-5-4-6-14(10-13)22-2;/h4-10H,3,11H2,1-2H3,(H3,19,20,21);1H. The van der Waals surface area contributed by atoms with Crippen molar-refractivity contribution in [3.8, 4) is 11.5 Å². The Kier molecular flexibility index (Phi) is 8.31. The number of rotatable bonds is 6. The molecule has 7 heteroatoms. The van der Waals surface area contributed by atoms with Gasteiger partial charge in [-0.3, -0.25) is 0 Å². The van der Waals surface area contributed by atoms with Crippen LogP contribution < -0.4 is 20.5 Å². The van der Waals surface area contributed by atoms with Crippen LogP contribution in [0.5, 0.6) is 11.5 Å². The zero-order chi connectivity index (χ0) is 16.7. The molecule has 5 nitrogen and oxygen atoms in total. The van der Waals surface area contributed by atoms with Crippen molar-refractivity contribution in [3.05, 3.63) is 53.8 Å². The van der Waals surface area contributed by atoms with Gasteiger partial charge < -0.3 is 20.5 Å². The zero-order valence-electron chi connectivity index (χ0n) is 13.6. The Bertz CT molecular complexity index is 695. The van der Waals surface area contributed by atoms with E-state index >= 15 is 0 Å². The molecule has 0 fully saturated rings. The van der Waals surface area contributed by atoms with Gasteiger partial charge in [-0.25, -0.2) is 9.38 Å². The predicted molar refractivity (Wildman–Crippen MR) is 105 cm³/mol. The Balaban J connectivity index is 0.00000288. The van der Waals surface area contributed by atoms with Crippen LogP contribution in [0.25, 0.3) is 0 Å². The fourth-order valence-corrected chi connectivity index (χ4v) is 1.98. The van der Waals surface area contributed by atoms with Crippen LogP contribution in [0.15, 0.2) is 47.5 Å². The maximum Gasteiger partial charge on any atom is 0.193 e. The molecule has 130 valence electrons. The van der Waals surface area contributed by atoms with Gasteiger partial charge in [0.05, 0.1) is 20.3 Å². The molecular formula is C17H21FIN3O2. The second kappa shape index (κ2) is 9.96. The molecule has 0 aliphatic carbocycles. The summed E-state index contributed by atoms with van der Waals surface area (Å²) in [6, 6.07) is 12.1. The first-order chi connectivity index (χ1) is 11.1. The first-order valence-electron chi connectivity index (χ1n) is 7.24. The zero-order valence-corrected chi connectivity index (χ0v) is 15.9. The lowest BCUT2D eigenvalue weighted by Crippen LogP contribution is -2.22. The number of ether oxygens (including phenoxy) is 2. The van der Waals surface area contributed by atoms with E-state index in [2.05, 4.69) is 10.3 Å². The summed E-state index contributed by atoms with van der Waals surface area (Å²) in [6.07, 6.45) is 0. The molecule has 0 amide bonds. The highest BCUT2D eigenvalue weighted by Gasteiger charge is 2.04. The highest BCUT2D eigenvalue weighted by Crippen LogP contribution is 2.19. The topological polar surface area (TPSA) is 68.9 Å². The summed E-state index contributed by atoms with van der Waals surface area (Å²) >= 11 is 0. The second-order valence-corrected chi connectivity index (χ2v) is 4.76. The van der Waals surface area contributed by atoms with E-state index in [9.17, 15) is 4.39 Å². The Morgan fingerprint density at radius 2 is 2.04 bits per heavy atom.